The van der Waals surface area contributed by atoms with Crippen LogP contribution < -0.4 is 0 Å². The lowest BCUT2D eigenvalue weighted by molar-refractivity contribution is 0.0696. The van der Waals surface area contributed by atoms with Crippen LogP contribution >= 0.6 is 11.6 Å². The molecule has 0 bridgehead atoms. The van der Waals surface area contributed by atoms with Gasteiger partial charge in [-0.25, -0.2) is 9.18 Å². The molecule has 1 atom stereocenters. The number of carboxylic acid groups (broad SMARTS) is 1. The Morgan fingerprint density at radius 1 is 1.14 bits per heavy atom. The minimum absolute atomic E-state index is 0.0186. The Balaban J connectivity index is 2.10. The topological polar surface area (TPSA) is 54.4 Å². The molecule has 0 heterocycles. The summed E-state index contributed by atoms with van der Waals surface area (Å²) in [5.41, 5.74) is 0.949. The molecule has 0 aromatic heterocycles. The summed E-state index contributed by atoms with van der Waals surface area (Å²) < 4.78 is 25.7. The van der Waals surface area contributed by atoms with Crippen LogP contribution in [0.15, 0.2) is 42.5 Å². The van der Waals surface area contributed by atoms with E-state index in [9.17, 15) is 13.4 Å². The molecule has 0 aliphatic rings. The fourth-order valence-electron chi connectivity index (χ4n) is 1.81. The predicted molar refractivity (Wildman–Crippen MR) is 80.4 cm³/mol. The summed E-state index contributed by atoms with van der Waals surface area (Å²) in [6, 6.07) is 10.4. The van der Waals surface area contributed by atoms with Gasteiger partial charge in [0.25, 0.3) is 0 Å². The van der Waals surface area contributed by atoms with E-state index in [0.29, 0.717) is 5.02 Å². The standard InChI is InChI=1S/C15H12ClFO3S/c16-13-4-1-10(2-5-13)8-21(20)9-12-7-11(15(18)19)3-6-14(12)17/h1-7H,8-9H2,(H,18,19). The van der Waals surface area contributed by atoms with E-state index >= 15 is 0 Å². The third-order valence-corrected chi connectivity index (χ3v) is 4.39. The summed E-state index contributed by atoms with van der Waals surface area (Å²) in [5.74, 6) is -1.46. The second-order valence-corrected chi connectivity index (χ2v) is 6.36. The summed E-state index contributed by atoms with van der Waals surface area (Å²) >= 11 is 5.76. The average molecular weight is 327 g/mol. The van der Waals surface area contributed by atoms with Crippen molar-refractivity contribution in [3.63, 3.8) is 0 Å². The highest BCUT2D eigenvalue weighted by molar-refractivity contribution is 7.83. The van der Waals surface area contributed by atoms with Crippen LogP contribution in [0.4, 0.5) is 4.39 Å². The van der Waals surface area contributed by atoms with E-state index in [0.717, 1.165) is 11.6 Å². The number of hydrogen-bond acceptors (Lipinski definition) is 2. The van der Waals surface area contributed by atoms with Gasteiger partial charge in [-0.2, -0.15) is 0 Å². The molecule has 0 aliphatic heterocycles. The van der Waals surface area contributed by atoms with Gasteiger partial charge in [0.15, 0.2) is 0 Å². The van der Waals surface area contributed by atoms with E-state index in [-0.39, 0.29) is 22.6 Å². The van der Waals surface area contributed by atoms with Gasteiger partial charge in [-0.05, 0) is 35.9 Å². The van der Waals surface area contributed by atoms with Gasteiger partial charge in [0, 0.05) is 27.1 Å². The number of carboxylic acids is 1. The van der Waals surface area contributed by atoms with Crippen LogP contribution in [0.25, 0.3) is 0 Å². The Kier molecular flexibility index (Phi) is 5.09. The Labute approximate surface area is 128 Å². The van der Waals surface area contributed by atoms with Gasteiger partial charge in [-0.15, -0.1) is 0 Å². The molecule has 3 nitrogen and oxygen atoms in total. The molecular formula is C15H12ClFO3S. The largest absolute Gasteiger partial charge is 0.478 e. The van der Waals surface area contributed by atoms with E-state index in [4.69, 9.17) is 16.7 Å². The van der Waals surface area contributed by atoms with Gasteiger partial charge < -0.3 is 5.11 Å². The molecule has 110 valence electrons. The van der Waals surface area contributed by atoms with Gasteiger partial charge in [-0.1, -0.05) is 23.7 Å². The molecule has 1 unspecified atom stereocenters. The molecule has 0 amide bonds. The molecule has 0 aliphatic carbocycles. The normalized spacial score (nSPS) is 12.1. The Hall–Kier alpha value is -1.72. The number of rotatable bonds is 5. The van der Waals surface area contributed by atoms with Gasteiger partial charge in [0.2, 0.25) is 0 Å². The molecule has 0 saturated carbocycles. The van der Waals surface area contributed by atoms with Crippen molar-refractivity contribution in [2.45, 2.75) is 11.5 Å². The van der Waals surface area contributed by atoms with E-state index in [2.05, 4.69) is 0 Å². The summed E-state index contributed by atoms with van der Waals surface area (Å²) in [6.45, 7) is 0. The first-order valence-corrected chi connectivity index (χ1v) is 7.93. The van der Waals surface area contributed by atoms with Crippen molar-refractivity contribution in [2.24, 2.45) is 0 Å². The van der Waals surface area contributed by atoms with E-state index in [1.165, 1.54) is 12.1 Å². The molecule has 0 spiro atoms. The lowest BCUT2D eigenvalue weighted by atomic mass is 10.1. The van der Waals surface area contributed by atoms with Crippen LogP contribution in [0.2, 0.25) is 5.02 Å². The van der Waals surface area contributed by atoms with Crippen LogP contribution in [0.1, 0.15) is 21.5 Å². The first-order valence-electron chi connectivity index (χ1n) is 6.07. The summed E-state index contributed by atoms with van der Waals surface area (Å²) in [7, 11) is -1.34. The van der Waals surface area contributed by atoms with Gasteiger partial charge in [0.05, 0.1) is 11.3 Å². The number of benzene rings is 2. The monoisotopic (exact) mass is 326 g/mol. The summed E-state index contributed by atoms with van der Waals surface area (Å²) in [4.78, 5) is 10.9. The van der Waals surface area contributed by atoms with Gasteiger partial charge in [-0.3, -0.25) is 4.21 Å². The zero-order valence-corrected chi connectivity index (χ0v) is 12.5. The smallest absolute Gasteiger partial charge is 0.335 e. The van der Waals surface area contributed by atoms with Gasteiger partial charge >= 0.3 is 5.97 Å². The third-order valence-electron chi connectivity index (χ3n) is 2.85. The highest BCUT2D eigenvalue weighted by atomic mass is 35.5. The van der Waals surface area contributed by atoms with Crippen LogP contribution in [0.5, 0.6) is 0 Å². The Morgan fingerprint density at radius 3 is 2.43 bits per heavy atom. The Morgan fingerprint density at radius 2 is 1.81 bits per heavy atom. The summed E-state index contributed by atoms with van der Waals surface area (Å²) in [5, 5.41) is 9.47. The molecule has 0 fully saturated rings. The van der Waals surface area contributed by atoms with Crippen LogP contribution in [-0.2, 0) is 22.3 Å². The predicted octanol–water partition coefficient (Wildman–Crippen LogP) is 3.63. The first kappa shape index (κ1) is 15.7. The molecule has 0 saturated heterocycles. The minimum atomic E-state index is -1.34. The average Bonchev–Trinajstić information content (AvgIpc) is 2.43. The highest BCUT2D eigenvalue weighted by Gasteiger charge is 2.11. The van der Waals surface area contributed by atoms with Crippen molar-refractivity contribution < 1.29 is 18.5 Å². The van der Waals surface area contributed by atoms with Crippen LogP contribution in [0, 0.1) is 5.82 Å². The number of carbonyl (C=O) groups is 1. The number of aromatic carboxylic acids is 1. The molecule has 2 aromatic rings. The second-order valence-electron chi connectivity index (χ2n) is 4.47. The van der Waals surface area contributed by atoms with Crippen molar-refractivity contribution in [2.75, 3.05) is 0 Å². The SMILES string of the molecule is O=C(O)c1ccc(F)c(CS(=O)Cc2ccc(Cl)cc2)c1. The lowest BCUT2D eigenvalue weighted by Crippen LogP contribution is -2.04. The van der Waals surface area contributed by atoms with E-state index in [1.807, 2.05) is 0 Å². The molecule has 6 heteroatoms. The summed E-state index contributed by atoms with van der Waals surface area (Å²) in [6.07, 6.45) is 0. The maximum atomic E-state index is 13.6. The molecule has 21 heavy (non-hydrogen) atoms. The van der Waals surface area contributed by atoms with Crippen molar-refractivity contribution >= 4 is 28.4 Å². The van der Waals surface area contributed by atoms with Crippen molar-refractivity contribution in [3.8, 4) is 0 Å². The number of hydrogen-bond donors (Lipinski definition) is 1. The zero-order valence-electron chi connectivity index (χ0n) is 10.9. The molecular weight excluding hydrogens is 315 g/mol. The van der Waals surface area contributed by atoms with E-state index in [1.54, 1.807) is 24.3 Å². The maximum Gasteiger partial charge on any atom is 0.335 e. The first-order chi connectivity index (χ1) is 9.95. The highest BCUT2D eigenvalue weighted by Crippen LogP contribution is 2.16. The Bertz CT molecular complexity index is 686. The maximum absolute atomic E-state index is 13.6. The molecule has 1 N–H and O–H groups in total. The van der Waals surface area contributed by atoms with Gasteiger partial charge in [0.1, 0.15) is 5.82 Å². The fourth-order valence-corrected chi connectivity index (χ4v) is 3.17. The lowest BCUT2D eigenvalue weighted by Gasteiger charge is -2.06. The zero-order chi connectivity index (χ0) is 15.4. The van der Waals surface area contributed by atoms with Crippen molar-refractivity contribution in [1.29, 1.82) is 0 Å². The van der Waals surface area contributed by atoms with Crippen LogP contribution in [-0.4, -0.2) is 15.3 Å². The quantitative estimate of drug-likeness (QED) is 0.913. The molecule has 0 radical (unpaired) electrons. The molecule has 2 aromatic carbocycles. The third kappa shape index (κ3) is 4.37. The van der Waals surface area contributed by atoms with Crippen LogP contribution in [0.3, 0.4) is 0 Å². The van der Waals surface area contributed by atoms with Crippen molar-refractivity contribution in [3.05, 3.63) is 70.0 Å². The second kappa shape index (κ2) is 6.83. The molecule has 2 rings (SSSR count). The minimum Gasteiger partial charge on any atom is -0.478 e. The van der Waals surface area contributed by atoms with E-state index < -0.39 is 22.6 Å². The van der Waals surface area contributed by atoms with Crippen molar-refractivity contribution in [1.82, 2.24) is 0 Å². The fraction of sp³-hybridized carbons (Fsp3) is 0.133. The number of halogens is 2.